The lowest BCUT2D eigenvalue weighted by Crippen LogP contribution is -2.18. The van der Waals surface area contributed by atoms with Crippen LogP contribution in [0, 0.1) is 0 Å². The highest BCUT2D eigenvalue weighted by Crippen LogP contribution is 2.27. The van der Waals surface area contributed by atoms with Gasteiger partial charge in [0.25, 0.3) is 0 Å². The average molecular weight is 432 g/mol. The van der Waals surface area contributed by atoms with Crippen molar-refractivity contribution in [3.63, 3.8) is 0 Å². The van der Waals surface area contributed by atoms with Crippen LogP contribution < -0.4 is 20.5 Å². The fourth-order valence-electron chi connectivity index (χ4n) is 3.20. The molecule has 0 radical (unpaired) electrons. The standard InChI is InChI=1S/C20H19F3N6O2/c1-30-15-4-2-3-14-17(15)27-19(24)29-18(14)26-16(28-29)11-25-10-9-12-5-7-13(8-6-12)31-20(21,22)23/h2-8,25H,9-11H2,1H3,(H2,24,27). The van der Waals surface area contributed by atoms with Crippen molar-refractivity contribution in [2.45, 2.75) is 19.3 Å². The quantitative estimate of drug-likeness (QED) is 0.433. The fraction of sp³-hybridized carbons (Fsp3) is 0.250. The number of nitrogens with one attached hydrogen (secondary N) is 1. The SMILES string of the molecule is COc1cccc2c1nc(N)n1nc(CNCCc3ccc(OC(F)(F)F)cc3)nc21. The maximum atomic E-state index is 12.2. The van der Waals surface area contributed by atoms with Crippen molar-refractivity contribution in [2.24, 2.45) is 0 Å². The first-order valence-corrected chi connectivity index (χ1v) is 9.37. The van der Waals surface area contributed by atoms with Crippen LogP contribution in [0.25, 0.3) is 16.6 Å². The van der Waals surface area contributed by atoms with Gasteiger partial charge in [0.2, 0.25) is 5.95 Å². The van der Waals surface area contributed by atoms with Crippen LogP contribution >= 0.6 is 0 Å². The van der Waals surface area contributed by atoms with E-state index in [0.29, 0.717) is 42.2 Å². The van der Waals surface area contributed by atoms with E-state index in [4.69, 9.17) is 10.5 Å². The lowest BCUT2D eigenvalue weighted by atomic mass is 10.1. The van der Waals surface area contributed by atoms with E-state index in [1.54, 1.807) is 25.3 Å². The average Bonchev–Trinajstić information content (AvgIpc) is 3.16. The smallest absolute Gasteiger partial charge is 0.494 e. The Morgan fingerprint density at radius 2 is 1.87 bits per heavy atom. The number of nitrogen functional groups attached to an aromatic ring is 1. The second-order valence-corrected chi connectivity index (χ2v) is 6.71. The number of hydrogen-bond acceptors (Lipinski definition) is 7. The molecule has 0 saturated carbocycles. The molecule has 0 amide bonds. The van der Waals surface area contributed by atoms with Crippen molar-refractivity contribution < 1.29 is 22.6 Å². The van der Waals surface area contributed by atoms with Gasteiger partial charge in [-0.1, -0.05) is 18.2 Å². The second kappa shape index (κ2) is 8.26. The molecule has 0 aliphatic rings. The number of hydrogen-bond donors (Lipinski definition) is 2. The minimum atomic E-state index is -4.69. The summed E-state index contributed by atoms with van der Waals surface area (Å²) in [5.41, 5.74) is 8.10. The molecule has 0 spiro atoms. The number of nitrogens with two attached hydrogens (primary N) is 1. The summed E-state index contributed by atoms with van der Waals surface area (Å²) >= 11 is 0. The van der Waals surface area contributed by atoms with Gasteiger partial charge in [-0.15, -0.1) is 18.3 Å². The van der Waals surface area contributed by atoms with Crippen molar-refractivity contribution in [1.29, 1.82) is 0 Å². The van der Waals surface area contributed by atoms with Crippen LogP contribution in [0.15, 0.2) is 42.5 Å². The topological polar surface area (TPSA) is 99.6 Å². The molecule has 11 heteroatoms. The van der Waals surface area contributed by atoms with Crippen LogP contribution in [-0.4, -0.2) is 39.6 Å². The predicted molar refractivity (Wildman–Crippen MR) is 108 cm³/mol. The van der Waals surface area contributed by atoms with Crippen LogP contribution in [-0.2, 0) is 13.0 Å². The number of alkyl halides is 3. The van der Waals surface area contributed by atoms with E-state index in [1.807, 2.05) is 12.1 Å². The molecule has 2 aromatic heterocycles. The number of benzene rings is 2. The van der Waals surface area contributed by atoms with Crippen LogP contribution in [0.5, 0.6) is 11.5 Å². The van der Waals surface area contributed by atoms with E-state index < -0.39 is 6.36 Å². The van der Waals surface area contributed by atoms with Gasteiger partial charge in [0.05, 0.1) is 13.7 Å². The summed E-state index contributed by atoms with van der Waals surface area (Å²) in [5.74, 6) is 1.10. The Morgan fingerprint density at radius 1 is 1.10 bits per heavy atom. The van der Waals surface area contributed by atoms with E-state index >= 15 is 0 Å². The normalized spacial score (nSPS) is 11.9. The summed E-state index contributed by atoms with van der Waals surface area (Å²) in [6.45, 7) is 0.971. The van der Waals surface area contributed by atoms with Gasteiger partial charge >= 0.3 is 6.36 Å². The number of anilines is 1. The van der Waals surface area contributed by atoms with Crippen molar-refractivity contribution in [1.82, 2.24) is 24.9 Å². The van der Waals surface area contributed by atoms with Gasteiger partial charge in [0.1, 0.15) is 17.0 Å². The summed E-state index contributed by atoms with van der Waals surface area (Å²) < 4.78 is 47.3. The lowest BCUT2D eigenvalue weighted by molar-refractivity contribution is -0.274. The molecule has 4 rings (SSSR count). The Morgan fingerprint density at radius 3 is 2.58 bits per heavy atom. The Labute approximate surface area is 174 Å². The van der Waals surface area contributed by atoms with Gasteiger partial charge in [0.15, 0.2) is 11.5 Å². The number of methoxy groups -OCH3 is 1. The Kier molecular flexibility index (Phi) is 5.51. The Balaban J connectivity index is 1.41. The molecule has 0 unspecified atom stereocenters. The molecule has 4 aromatic rings. The fourth-order valence-corrected chi connectivity index (χ4v) is 3.20. The number of aromatic nitrogens is 4. The number of fused-ring (bicyclic) bond motifs is 3. The first kappa shape index (κ1) is 20.7. The number of nitrogens with zero attached hydrogens (tertiary/aromatic N) is 4. The number of halogens is 3. The molecule has 0 bridgehead atoms. The molecule has 0 atom stereocenters. The van der Waals surface area contributed by atoms with Crippen LogP contribution in [0.3, 0.4) is 0 Å². The van der Waals surface area contributed by atoms with Crippen LogP contribution in [0.4, 0.5) is 19.1 Å². The summed E-state index contributed by atoms with van der Waals surface area (Å²) in [5, 5.41) is 8.39. The summed E-state index contributed by atoms with van der Waals surface area (Å²) in [6, 6.07) is 11.3. The van der Waals surface area contributed by atoms with E-state index in [0.717, 1.165) is 10.9 Å². The van der Waals surface area contributed by atoms with Gasteiger partial charge in [-0.05, 0) is 42.8 Å². The molecule has 2 aromatic carbocycles. The third kappa shape index (κ3) is 4.61. The molecule has 162 valence electrons. The number of rotatable bonds is 7. The van der Waals surface area contributed by atoms with E-state index in [-0.39, 0.29) is 11.7 Å². The monoisotopic (exact) mass is 432 g/mol. The maximum absolute atomic E-state index is 12.2. The first-order valence-electron chi connectivity index (χ1n) is 9.37. The molecule has 0 aliphatic heterocycles. The molecular formula is C20H19F3N6O2. The minimum Gasteiger partial charge on any atom is -0.494 e. The highest BCUT2D eigenvalue weighted by atomic mass is 19.4. The molecule has 31 heavy (non-hydrogen) atoms. The highest BCUT2D eigenvalue weighted by molar-refractivity contribution is 5.95. The predicted octanol–water partition coefficient (Wildman–Crippen LogP) is 3.10. The molecule has 0 saturated heterocycles. The van der Waals surface area contributed by atoms with Gasteiger partial charge in [-0.25, -0.2) is 9.97 Å². The van der Waals surface area contributed by atoms with Crippen LogP contribution in [0.1, 0.15) is 11.4 Å². The Bertz CT molecular complexity index is 1210. The zero-order valence-electron chi connectivity index (χ0n) is 16.5. The summed E-state index contributed by atoms with van der Waals surface area (Å²) in [7, 11) is 1.56. The molecular weight excluding hydrogens is 413 g/mol. The number of para-hydroxylation sites is 1. The van der Waals surface area contributed by atoms with Crippen molar-refractivity contribution in [3.05, 3.63) is 53.9 Å². The second-order valence-electron chi connectivity index (χ2n) is 6.71. The molecule has 0 aliphatic carbocycles. The summed E-state index contributed by atoms with van der Waals surface area (Å²) in [6.07, 6.45) is -4.08. The third-order valence-corrected chi connectivity index (χ3v) is 4.58. The zero-order chi connectivity index (χ0) is 22.0. The van der Waals surface area contributed by atoms with Crippen molar-refractivity contribution >= 4 is 22.5 Å². The van der Waals surface area contributed by atoms with E-state index in [9.17, 15) is 13.2 Å². The minimum absolute atomic E-state index is 0.201. The van der Waals surface area contributed by atoms with Gasteiger partial charge in [-0.3, -0.25) is 0 Å². The van der Waals surface area contributed by atoms with E-state index in [1.165, 1.54) is 16.6 Å². The van der Waals surface area contributed by atoms with Crippen molar-refractivity contribution in [2.75, 3.05) is 19.4 Å². The van der Waals surface area contributed by atoms with E-state index in [2.05, 4.69) is 25.1 Å². The molecule has 3 N–H and O–H groups in total. The Hall–Kier alpha value is -3.60. The first-order chi connectivity index (χ1) is 14.8. The molecule has 0 fully saturated rings. The maximum Gasteiger partial charge on any atom is 0.573 e. The zero-order valence-corrected chi connectivity index (χ0v) is 16.5. The number of ether oxygens (including phenoxy) is 2. The molecule has 8 nitrogen and oxygen atoms in total. The van der Waals surface area contributed by atoms with Gasteiger partial charge < -0.3 is 20.5 Å². The lowest BCUT2D eigenvalue weighted by Gasteiger charge is -2.09. The largest absolute Gasteiger partial charge is 0.573 e. The molecule has 2 heterocycles. The van der Waals surface area contributed by atoms with Gasteiger partial charge in [0, 0.05) is 5.39 Å². The highest BCUT2D eigenvalue weighted by Gasteiger charge is 2.30. The van der Waals surface area contributed by atoms with Crippen LogP contribution in [0.2, 0.25) is 0 Å². The van der Waals surface area contributed by atoms with Crippen molar-refractivity contribution in [3.8, 4) is 11.5 Å². The third-order valence-electron chi connectivity index (χ3n) is 4.58. The van der Waals surface area contributed by atoms with Gasteiger partial charge in [-0.2, -0.15) is 4.52 Å². The summed E-state index contributed by atoms with van der Waals surface area (Å²) in [4.78, 5) is 8.92.